The molecule has 2 fully saturated rings. The van der Waals surface area contributed by atoms with E-state index in [2.05, 4.69) is 4.90 Å². The molecule has 0 radical (unpaired) electrons. The van der Waals surface area contributed by atoms with Crippen LogP contribution in [0.2, 0.25) is 0 Å². The number of nitrogens with zero attached hydrogens (tertiary/aromatic N) is 5. The molecule has 1 aromatic rings. The van der Waals surface area contributed by atoms with E-state index in [1.807, 2.05) is 23.9 Å². The number of hydrogen-bond acceptors (Lipinski definition) is 5. The zero-order valence-electron chi connectivity index (χ0n) is 18.0. The molecule has 0 bridgehead atoms. The second-order valence-electron chi connectivity index (χ2n) is 8.94. The summed E-state index contributed by atoms with van der Waals surface area (Å²) in [4.78, 5) is 41.0. The Hall–Kier alpha value is -2.18. The Morgan fingerprint density at radius 2 is 1.72 bits per heavy atom. The van der Waals surface area contributed by atoms with Crippen LogP contribution in [0, 0.1) is 5.92 Å². The molecule has 158 valence electrons. The maximum absolute atomic E-state index is 13.2. The molecule has 0 unspecified atom stereocenters. The van der Waals surface area contributed by atoms with Gasteiger partial charge < -0.3 is 14.7 Å². The SMILES string of the molecule is CC(=O)N1CCc2nc([C@@H]3CCCCN3C(=O)C3CCCC3)nc(N(C)C)c2C1. The first-order valence-electron chi connectivity index (χ1n) is 11.1. The molecule has 29 heavy (non-hydrogen) atoms. The summed E-state index contributed by atoms with van der Waals surface area (Å²) < 4.78 is 0. The first-order chi connectivity index (χ1) is 14.0. The predicted molar refractivity (Wildman–Crippen MR) is 111 cm³/mol. The first-order valence-corrected chi connectivity index (χ1v) is 11.1. The Bertz CT molecular complexity index is 788. The van der Waals surface area contributed by atoms with Crippen LogP contribution in [0.1, 0.15) is 75.0 Å². The standard InChI is InChI=1S/C22H33N5O2/c1-15(28)26-13-11-18-17(14-26)21(25(2)3)24-20(23-18)19-10-6-7-12-27(19)22(29)16-8-4-5-9-16/h16,19H,4-14H2,1-3H3/t19-/m0/s1. The van der Waals surface area contributed by atoms with Crippen LogP contribution in [-0.4, -0.2) is 58.8 Å². The molecule has 1 saturated heterocycles. The van der Waals surface area contributed by atoms with E-state index in [1.165, 1.54) is 12.8 Å². The van der Waals surface area contributed by atoms with Crippen molar-refractivity contribution in [1.29, 1.82) is 0 Å². The molecule has 2 aliphatic heterocycles. The van der Waals surface area contributed by atoms with E-state index >= 15 is 0 Å². The zero-order chi connectivity index (χ0) is 20.5. The molecule has 7 nitrogen and oxygen atoms in total. The molecule has 0 N–H and O–H groups in total. The number of aromatic nitrogens is 2. The fourth-order valence-electron chi connectivity index (χ4n) is 5.07. The van der Waals surface area contributed by atoms with Crippen LogP contribution in [0.15, 0.2) is 0 Å². The van der Waals surface area contributed by atoms with Gasteiger partial charge in [-0.3, -0.25) is 9.59 Å². The van der Waals surface area contributed by atoms with E-state index in [0.717, 1.165) is 68.0 Å². The highest BCUT2D eigenvalue weighted by molar-refractivity contribution is 5.79. The van der Waals surface area contributed by atoms with Crippen molar-refractivity contribution >= 4 is 17.6 Å². The maximum atomic E-state index is 13.2. The van der Waals surface area contributed by atoms with Crippen molar-refractivity contribution in [3.8, 4) is 0 Å². The van der Waals surface area contributed by atoms with Crippen LogP contribution in [-0.2, 0) is 22.6 Å². The van der Waals surface area contributed by atoms with E-state index in [0.29, 0.717) is 19.0 Å². The molecular weight excluding hydrogens is 366 g/mol. The Morgan fingerprint density at radius 3 is 2.41 bits per heavy atom. The Balaban J connectivity index is 1.67. The van der Waals surface area contributed by atoms with Crippen LogP contribution in [0.3, 0.4) is 0 Å². The van der Waals surface area contributed by atoms with Crippen LogP contribution in [0.25, 0.3) is 0 Å². The number of hydrogen-bond donors (Lipinski definition) is 0. The van der Waals surface area contributed by atoms with Gasteiger partial charge in [-0.2, -0.15) is 0 Å². The summed E-state index contributed by atoms with van der Waals surface area (Å²) in [7, 11) is 3.98. The topological polar surface area (TPSA) is 69.6 Å². The molecule has 1 saturated carbocycles. The Morgan fingerprint density at radius 1 is 1.00 bits per heavy atom. The van der Waals surface area contributed by atoms with Gasteiger partial charge in [0, 0.05) is 52.0 Å². The monoisotopic (exact) mass is 399 g/mol. The minimum atomic E-state index is -0.0216. The molecule has 0 aromatic carbocycles. The van der Waals surface area contributed by atoms with Gasteiger partial charge in [0.25, 0.3) is 0 Å². The first kappa shape index (κ1) is 20.1. The summed E-state index contributed by atoms with van der Waals surface area (Å²) in [6, 6.07) is -0.0216. The normalized spacial score (nSPS) is 22.5. The lowest BCUT2D eigenvalue weighted by atomic mass is 9.97. The fraction of sp³-hybridized carbons (Fsp3) is 0.727. The minimum absolute atomic E-state index is 0.0216. The van der Waals surface area contributed by atoms with Gasteiger partial charge in [0.2, 0.25) is 11.8 Å². The zero-order valence-corrected chi connectivity index (χ0v) is 18.0. The predicted octanol–water partition coefficient (Wildman–Crippen LogP) is 2.69. The molecule has 7 heteroatoms. The number of fused-ring (bicyclic) bond motifs is 1. The van der Waals surface area contributed by atoms with Crippen LogP contribution < -0.4 is 4.90 Å². The highest BCUT2D eigenvalue weighted by Crippen LogP contribution is 2.36. The lowest BCUT2D eigenvalue weighted by Gasteiger charge is -2.37. The highest BCUT2D eigenvalue weighted by atomic mass is 16.2. The molecular formula is C22H33N5O2. The van der Waals surface area contributed by atoms with Crippen molar-refractivity contribution in [2.75, 3.05) is 32.1 Å². The molecule has 1 aliphatic carbocycles. The lowest BCUT2D eigenvalue weighted by Crippen LogP contribution is -2.42. The number of rotatable bonds is 3. The molecule has 3 aliphatic rings. The molecule has 1 atom stereocenters. The van der Waals surface area contributed by atoms with Crippen LogP contribution >= 0.6 is 0 Å². The van der Waals surface area contributed by atoms with Crippen LogP contribution in [0.5, 0.6) is 0 Å². The fourth-order valence-corrected chi connectivity index (χ4v) is 5.07. The van der Waals surface area contributed by atoms with Crippen molar-refractivity contribution in [1.82, 2.24) is 19.8 Å². The van der Waals surface area contributed by atoms with Gasteiger partial charge in [-0.25, -0.2) is 9.97 Å². The molecule has 4 rings (SSSR count). The summed E-state index contributed by atoms with van der Waals surface area (Å²) in [5.41, 5.74) is 2.08. The number of piperidine rings is 1. The van der Waals surface area contributed by atoms with Gasteiger partial charge in [0.15, 0.2) is 5.82 Å². The smallest absolute Gasteiger partial charge is 0.226 e. The number of likely N-dealkylation sites (tertiary alicyclic amines) is 1. The van der Waals surface area contributed by atoms with Crippen molar-refractivity contribution < 1.29 is 9.59 Å². The second kappa shape index (κ2) is 8.28. The van der Waals surface area contributed by atoms with E-state index in [1.54, 1.807) is 6.92 Å². The Kier molecular flexibility index (Phi) is 5.74. The summed E-state index contributed by atoms with van der Waals surface area (Å²) in [5.74, 6) is 2.25. The average Bonchev–Trinajstić information content (AvgIpc) is 3.26. The number of amides is 2. The van der Waals surface area contributed by atoms with E-state index in [-0.39, 0.29) is 17.9 Å². The molecule has 1 aromatic heterocycles. The minimum Gasteiger partial charge on any atom is -0.362 e. The summed E-state index contributed by atoms with van der Waals surface area (Å²) in [5, 5.41) is 0. The van der Waals surface area contributed by atoms with Crippen molar-refractivity contribution in [3.05, 3.63) is 17.1 Å². The van der Waals surface area contributed by atoms with Crippen molar-refractivity contribution in [2.45, 2.75) is 70.9 Å². The van der Waals surface area contributed by atoms with Gasteiger partial charge in [-0.05, 0) is 32.1 Å². The molecule has 3 heterocycles. The number of carbonyl (C=O) groups excluding carboxylic acids is 2. The highest BCUT2D eigenvalue weighted by Gasteiger charge is 2.36. The third-order valence-corrected chi connectivity index (χ3v) is 6.71. The number of carbonyl (C=O) groups is 2. The largest absolute Gasteiger partial charge is 0.362 e. The average molecular weight is 400 g/mol. The molecule has 0 spiro atoms. The maximum Gasteiger partial charge on any atom is 0.226 e. The summed E-state index contributed by atoms with van der Waals surface area (Å²) in [6.07, 6.45) is 8.23. The van der Waals surface area contributed by atoms with Crippen molar-refractivity contribution in [2.24, 2.45) is 5.92 Å². The lowest BCUT2D eigenvalue weighted by molar-refractivity contribution is -0.139. The third-order valence-electron chi connectivity index (χ3n) is 6.71. The summed E-state index contributed by atoms with van der Waals surface area (Å²) in [6.45, 7) is 3.69. The van der Waals surface area contributed by atoms with Gasteiger partial charge in [-0.1, -0.05) is 12.8 Å². The number of anilines is 1. The van der Waals surface area contributed by atoms with Crippen LogP contribution in [0.4, 0.5) is 5.82 Å². The van der Waals surface area contributed by atoms with E-state index in [9.17, 15) is 9.59 Å². The van der Waals surface area contributed by atoms with Gasteiger partial charge in [-0.15, -0.1) is 0 Å². The van der Waals surface area contributed by atoms with E-state index in [4.69, 9.17) is 9.97 Å². The second-order valence-corrected chi connectivity index (χ2v) is 8.94. The molecule has 2 amide bonds. The van der Waals surface area contributed by atoms with Crippen molar-refractivity contribution in [3.63, 3.8) is 0 Å². The quantitative estimate of drug-likeness (QED) is 0.782. The van der Waals surface area contributed by atoms with Gasteiger partial charge in [0.05, 0.1) is 18.3 Å². The van der Waals surface area contributed by atoms with Gasteiger partial charge >= 0.3 is 0 Å². The Labute approximate surface area is 173 Å². The third kappa shape index (κ3) is 3.96. The summed E-state index contributed by atoms with van der Waals surface area (Å²) >= 11 is 0. The van der Waals surface area contributed by atoms with E-state index < -0.39 is 0 Å². The van der Waals surface area contributed by atoms with Gasteiger partial charge in [0.1, 0.15) is 5.82 Å².